The Bertz CT molecular complexity index is 494. The number of anilines is 1. The maximum atomic E-state index is 11.5. The van der Waals surface area contributed by atoms with Crippen molar-refractivity contribution in [2.75, 3.05) is 19.0 Å². The third kappa shape index (κ3) is 3.24. The molecule has 0 aliphatic rings. The van der Waals surface area contributed by atoms with E-state index in [1.54, 1.807) is 37.6 Å². The molecule has 0 aliphatic carbocycles. The second-order valence-electron chi connectivity index (χ2n) is 3.50. The van der Waals surface area contributed by atoms with Gasteiger partial charge in [-0.25, -0.2) is 0 Å². The maximum Gasteiger partial charge on any atom is 0.262 e. The average molecular weight is 247 g/mol. The molecule has 0 saturated heterocycles. The van der Waals surface area contributed by atoms with Gasteiger partial charge in [0.15, 0.2) is 6.61 Å². The topological polar surface area (TPSA) is 76.2 Å². The number of rotatable bonds is 5. The van der Waals surface area contributed by atoms with Crippen LogP contribution in [0.3, 0.4) is 0 Å². The summed E-state index contributed by atoms with van der Waals surface area (Å²) in [5.74, 6) is 1.11. The number of carbonyl (C=O) groups excluding carboxylic acids is 1. The van der Waals surface area contributed by atoms with Crippen molar-refractivity contribution in [3.05, 3.63) is 36.7 Å². The van der Waals surface area contributed by atoms with Gasteiger partial charge in [-0.2, -0.15) is 5.10 Å². The first-order chi connectivity index (χ1) is 8.78. The van der Waals surface area contributed by atoms with Crippen LogP contribution >= 0.6 is 0 Å². The normalized spacial score (nSPS) is 9.83. The van der Waals surface area contributed by atoms with Crippen LogP contribution in [-0.2, 0) is 4.79 Å². The van der Waals surface area contributed by atoms with E-state index in [1.807, 2.05) is 0 Å². The lowest BCUT2D eigenvalue weighted by Gasteiger charge is -2.06. The van der Waals surface area contributed by atoms with Crippen LogP contribution in [0, 0.1) is 0 Å². The standard InChI is InChI=1S/C12H13N3O3/c1-17-10-2-4-11(5-3-10)18-8-12(16)15-9-6-13-14-7-9/h2-7H,8H2,1H3,(H,13,14)(H,15,16). The number of aromatic nitrogens is 2. The molecule has 0 unspecified atom stereocenters. The lowest BCUT2D eigenvalue weighted by atomic mass is 10.3. The zero-order valence-corrected chi connectivity index (χ0v) is 9.84. The van der Waals surface area contributed by atoms with Gasteiger partial charge in [0.2, 0.25) is 0 Å². The van der Waals surface area contributed by atoms with Crippen molar-refractivity contribution in [3.63, 3.8) is 0 Å². The molecule has 6 heteroatoms. The van der Waals surface area contributed by atoms with Crippen LogP contribution in [0.1, 0.15) is 0 Å². The molecule has 2 N–H and O–H groups in total. The smallest absolute Gasteiger partial charge is 0.262 e. The number of carbonyl (C=O) groups is 1. The van der Waals surface area contributed by atoms with Gasteiger partial charge in [0.05, 0.1) is 19.0 Å². The first-order valence-electron chi connectivity index (χ1n) is 5.33. The SMILES string of the molecule is COc1ccc(OCC(=O)Nc2cn[nH]c2)cc1. The molecule has 94 valence electrons. The van der Waals surface area contributed by atoms with Crippen molar-refractivity contribution < 1.29 is 14.3 Å². The van der Waals surface area contributed by atoms with Gasteiger partial charge in [0.1, 0.15) is 11.5 Å². The molecule has 2 rings (SSSR count). The van der Waals surface area contributed by atoms with Crippen molar-refractivity contribution in [3.8, 4) is 11.5 Å². The lowest BCUT2D eigenvalue weighted by molar-refractivity contribution is -0.118. The van der Waals surface area contributed by atoms with E-state index >= 15 is 0 Å². The molecule has 1 amide bonds. The van der Waals surface area contributed by atoms with Gasteiger partial charge in [0, 0.05) is 6.20 Å². The van der Waals surface area contributed by atoms with Gasteiger partial charge in [0.25, 0.3) is 5.91 Å². The predicted molar refractivity (Wildman–Crippen MR) is 65.7 cm³/mol. The predicted octanol–water partition coefficient (Wildman–Crippen LogP) is 1.44. The van der Waals surface area contributed by atoms with Gasteiger partial charge < -0.3 is 14.8 Å². The van der Waals surface area contributed by atoms with E-state index in [0.29, 0.717) is 11.4 Å². The number of nitrogens with zero attached hydrogens (tertiary/aromatic N) is 1. The van der Waals surface area contributed by atoms with Crippen LogP contribution in [-0.4, -0.2) is 29.8 Å². The Morgan fingerprint density at radius 3 is 2.67 bits per heavy atom. The minimum atomic E-state index is -0.243. The summed E-state index contributed by atoms with van der Waals surface area (Å²) in [7, 11) is 1.59. The van der Waals surface area contributed by atoms with E-state index in [0.717, 1.165) is 5.75 Å². The monoisotopic (exact) mass is 247 g/mol. The van der Waals surface area contributed by atoms with E-state index in [2.05, 4.69) is 15.5 Å². The van der Waals surface area contributed by atoms with E-state index in [-0.39, 0.29) is 12.5 Å². The summed E-state index contributed by atoms with van der Waals surface area (Å²) >= 11 is 0. The molecule has 0 fully saturated rings. The number of H-pyrrole nitrogens is 1. The maximum absolute atomic E-state index is 11.5. The molecule has 1 heterocycles. The zero-order valence-electron chi connectivity index (χ0n) is 9.84. The number of ether oxygens (including phenoxy) is 2. The van der Waals surface area contributed by atoms with Crippen LogP contribution in [0.25, 0.3) is 0 Å². The van der Waals surface area contributed by atoms with E-state index in [4.69, 9.17) is 9.47 Å². The molecule has 0 atom stereocenters. The number of nitrogens with one attached hydrogen (secondary N) is 2. The molecule has 1 aromatic heterocycles. The fraction of sp³-hybridized carbons (Fsp3) is 0.167. The number of hydrogen-bond acceptors (Lipinski definition) is 4. The summed E-state index contributed by atoms with van der Waals surface area (Å²) in [4.78, 5) is 11.5. The highest BCUT2D eigenvalue weighted by molar-refractivity contribution is 5.91. The van der Waals surface area contributed by atoms with Crippen LogP contribution in [0.4, 0.5) is 5.69 Å². The van der Waals surface area contributed by atoms with Gasteiger partial charge >= 0.3 is 0 Å². The molecule has 0 bridgehead atoms. The largest absolute Gasteiger partial charge is 0.497 e. The van der Waals surface area contributed by atoms with Gasteiger partial charge in [-0.15, -0.1) is 0 Å². The highest BCUT2D eigenvalue weighted by Crippen LogP contribution is 2.16. The summed E-state index contributed by atoms with van der Waals surface area (Å²) in [6.45, 7) is -0.0580. The second-order valence-corrected chi connectivity index (χ2v) is 3.50. The first kappa shape index (κ1) is 12.0. The zero-order chi connectivity index (χ0) is 12.8. The molecule has 0 saturated carbocycles. The number of benzene rings is 1. The molecule has 1 aromatic carbocycles. The van der Waals surface area contributed by atoms with Crippen molar-refractivity contribution >= 4 is 11.6 Å². The number of hydrogen-bond donors (Lipinski definition) is 2. The Hall–Kier alpha value is -2.50. The summed E-state index contributed by atoms with van der Waals surface area (Å²) in [6.07, 6.45) is 3.11. The van der Waals surface area contributed by atoms with Crippen molar-refractivity contribution in [2.24, 2.45) is 0 Å². The summed E-state index contributed by atoms with van der Waals surface area (Å²) < 4.78 is 10.3. The molecule has 2 aromatic rings. The summed E-state index contributed by atoms with van der Waals surface area (Å²) in [5.41, 5.74) is 0.610. The van der Waals surface area contributed by atoms with Crippen molar-refractivity contribution in [1.82, 2.24) is 10.2 Å². The fourth-order valence-corrected chi connectivity index (χ4v) is 1.34. The minimum Gasteiger partial charge on any atom is -0.497 e. The molecule has 0 spiro atoms. The quantitative estimate of drug-likeness (QED) is 0.838. The number of amides is 1. The van der Waals surface area contributed by atoms with E-state index in [1.165, 1.54) is 6.20 Å². The third-order valence-corrected chi connectivity index (χ3v) is 2.21. The molecular weight excluding hydrogens is 234 g/mol. The minimum absolute atomic E-state index is 0.0580. The van der Waals surface area contributed by atoms with Crippen molar-refractivity contribution in [2.45, 2.75) is 0 Å². The molecule has 18 heavy (non-hydrogen) atoms. The van der Waals surface area contributed by atoms with Crippen LogP contribution < -0.4 is 14.8 Å². The van der Waals surface area contributed by atoms with Gasteiger partial charge in [-0.05, 0) is 24.3 Å². The van der Waals surface area contributed by atoms with E-state index in [9.17, 15) is 4.79 Å². The Morgan fingerprint density at radius 1 is 1.33 bits per heavy atom. The second kappa shape index (κ2) is 5.72. The van der Waals surface area contributed by atoms with E-state index < -0.39 is 0 Å². The van der Waals surface area contributed by atoms with Crippen LogP contribution in [0.15, 0.2) is 36.7 Å². The Morgan fingerprint density at radius 2 is 2.06 bits per heavy atom. The first-order valence-corrected chi connectivity index (χ1v) is 5.33. The van der Waals surface area contributed by atoms with Crippen LogP contribution in [0.2, 0.25) is 0 Å². The molecule has 0 aliphatic heterocycles. The van der Waals surface area contributed by atoms with Crippen LogP contribution in [0.5, 0.6) is 11.5 Å². The molecule has 0 radical (unpaired) electrons. The van der Waals surface area contributed by atoms with Gasteiger partial charge in [-0.1, -0.05) is 0 Å². The average Bonchev–Trinajstić information content (AvgIpc) is 2.90. The third-order valence-electron chi connectivity index (χ3n) is 2.21. The van der Waals surface area contributed by atoms with Gasteiger partial charge in [-0.3, -0.25) is 9.89 Å². The van der Waals surface area contributed by atoms with Crippen molar-refractivity contribution in [1.29, 1.82) is 0 Å². The Labute approximate surface area is 104 Å². The summed E-state index contributed by atoms with van der Waals surface area (Å²) in [5, 5.41) is 8.95. The molecule has 6 nitrogen and oxygen atoms in total. The number of aromatic amines is 1. The summed E-state index contributed by atoms with van der Waals surface area (Å²) in [6, 6.07) is 7.01. The fourth-order valence-electron chi connectivity index (χ4n) is 1.34. The number of methoxy groups -OCH3 is 1. The Kier molecular flexibility index (Phi) is 3.80. The molecular formula is C12H13N3O3. The Balaban J connectivity index is 1.81. The lowest BCUT2D eigenvalue weighted by Crippen LogP contribution is -2.19. The highest BCUT2D eigenvalue weighted by atomic mass is 16.5. The highest BCUT2D eigenvalue weighted by Gasteiger charge is 2.04.